The van der Waals surface area contributed by atoms with Crippen molar-refractivity contribution in [2.45, 2.75) is 0 Å². The van der Waals surface area contributed by atoms with Crippen molar-refractivity contribution in [1.29, 1.82) is 0 Å². The molecule has 8 heteroatoms. The lowest BCUT2D eigenvalue weighted by Crippen LogP contribution is -1.98. The summed E-state index contributed by atoms with van der Waals surface area (Å²) in [6, 6.07) is 6.25. The molecule has 0 radical (unpaired) electrons. The Kier molecular flexibility index (Phi) is 3.28. The number of benzene rings is 1. The number of methoxy groups -OCH3 is 1. The summed E-state index contributed by atoms with van der Waals surface area (Å²) in [5, 5.41) is 10.7. The number of nitro benzene ring substituents is 1. The Hall–Kier alpha value is -2.35. The van der Waals surface area contributed by atoms with Crippen LogP contribution in [-0.4, -0.2) is 27.0 Å². The smallest absolute Gasteiger partial charge is 0.297 e. The van der Waals surface area contributed by atoms with Crippen LogP contribution in [0.15, 0.2) is 24.3 Å². The molecule has 0 aliphatic carbocycles. The van der Waals surface area contributed by atoms with Gasteiger partial charge in [-0.1, -0.05) is 12.1 Å². The van der Waals surface area contributed by atoms with E-state index in [0.717, 1.165) is 0 Å². The van der Waals surface area contributed by atoms with E-state index in [1.807, 2.05) is 0 Å². The lowest BCUT2D eigenvalue weighted by atomic mass is 10.2. The molecule has 0 atom stereocenters. The maximum absolute atomic E-state index is 10.7. The second-order valence-electron chi connectivity index (χ2n) is 3.30. The molecule has 1 heterocycles. The van der Waals surface area contributed by atoms with Crippen LogP contribution >= 0.6 is 12.2 Å². The minimum Gasteiger partial charge on any atom is -0.468 e. The first kappa shape index (κ1) is 12.1. The second-order valence-corrected chi connectivity index (χ2v) is 3.66. The summed E-state index contributed by atoms with van der Waals surface area (Å²) in [4.78, 5) is 20.8. The van der Waals surface area contributed by atoms with Gasteiger partial charge in [-0.25, -0.2) is 4.98 Å². The lowest BCUT2D eigenvalue weighted by Gasteiger charge is -2.03. The Morgan fingerprint density at radius 3 is 2.89 bits per heavy atom. The number of non-ortho nitro benzene ring substituents is 1. The van der Waals surface area contributed by atoms with Crippen LogP contribution in [0, 0.1) is 14.9 Å². The van der Waals surface area contributed by atoms with Gasteiger partial charge >= 0.3 is 0 Å². The van der Waals surface area contributed by atoms with Crippen molar-refractivity contribution >= 4 is 17.9 Å². The van der Waals surface area contributed by atoms with Gasteiger partial charge in [-0.2, -0.15) is 4.98 Å². The number of nitrogens with zero attached hydrogens (tertiary/aromatic N) is 3. The van der Waals surface area contributed by atoms with Gasteiger partial charge in [0.2, 0.25) is 4.77 Å². The maximum atomic E-state index is 10.7. The van der Waals surface area contributed by atoms with Gasteiger partial charge < -0.3 is 4.74 Å². The van der Waals surface area contributed by atoms with E-state index >= 15 is 0 Å². The molecular formula is C10H8N4O3S. The van der Waals surface area contributed by atoms with E-state index in [-0.39, 0.29) is 16.5 Å². The first-order valence-electron chi connectivity index (χ1n) is 4.87. The third kappa shape index (κ3) is 2.48. The Balaban J connectivity index is 2.54. The highest BCUT2D eigenvalue weighted by atomic mass is 32.1. The van der Waals surface area contributed by atoms with E-state index in [1.54, 1.807) is 12.1 Å². The van der Waals surface area contributed by atoms with Crippen LogP contribution in [0.25, 0.3) is 11.4 Å². The average Bonchev–Trinajstić information content (AvgIpc) is 2.38. The molecule has 1 aromatic heterocycles. The standard InChI is InChI=1S/C10H8N4O3S/c1-17-9-11-8(12-10(18)13-9)6-3-2-4-7(5-6)14(15)16/h2-5H,1H3,(H,11,12,13,18). The van der Waals surface area contributed by atoms with Crippen molar-refractivity contribution in [1.82, 2.24) is 15.0 Å². The van der Waals surface area contributed by atoms with Crippen molar-refractivity contribution < 1.29 is 9.66 Å². The van der Waals surface area contributed by atoms with Crippen LogP contribution < -0.4 is 4.74 Å². The number of hydrogen-bond acceptors (Lipinski definition) is 6. The molecule has 1 aromatic carbocycles. The van der Waals surface area contributed by atoms with Gasteiger partial charge in [0.25, 0.3) is 11.7 Å². The molecule has 0 amide bonds. The van der Waals surface area contributed by atoms with Gasteiger partial charge in [-0.15, -0.1) is 0 Å². The summed E-state index contributed by atoms with van der Waals surface area (Å²) in [6.45, 7) is 0. The van der Waals surface area contributed by atoms with Gasteiger partial charge in [-0.3, -0.25) is 15.1 Å². The predicted octanol–water partition coefficient (Wildman–Crippen LogP) is 2.12. The zero-order chi connectivity index (χ0) is 13.1. The maximum Gasteiger partial charge on any atom is 0.297 e. The molecule has 0 aliphatic rings. The molecular weight excluding hydrogens is 256 g/mol. The van der Waals surface area contributed by atoms with E-state index in [4.69, 9.17) is 17.0 Å². The molecule has 2 aromatic rings. The molecule has 0 saturated carbocycles. The highest BCUT2D eigenvalue weighted by Crippen LogP contribution is 2.21. The number of rotatable bonds is 3. The largest absolute Gasteiger partial charge is 0.468 e. The highest BCUT2D eigenvalue weighted by Gasteiger charge is 2.09. The second kappa shape index (κ2) is 4.88. The van der Waals surface area contributed by atoms with Crippen LogP contribution in [-0.2, 0) is 0 Å². The normalized spacial score (nSPS) is 10.1. The fraction of sp³-hybridized carbons (Fsp3) is 0.100. The molecule has 1 N–H and O–H groups in total. The zero-order valence-electron chi connectivity index (χ0n) is 9.28. The molecule has 0 unspecified atom stereocenters. The molecule has 0 spiro atoms. The van der Waals surface area contributed by atoms with Crippen LogP contribution in [0.3, 0.4) is 0 Å². The molecule has 0 bridgehead atoms. The summed E-state index contributed by atoms with van der Waals surface area (Å²) >= 11 is 4.88. The van der Waals surface area contributed by atoms with Gasteiger partial charge in [0.05, 0.1) is 12.0 Å². The number of H-pyrrole nitrogens is 1. The highest BCUT2D eigenvalue weighted by molar-refractivity contribution is 7.71. The van der Waals surface area contributed by atoms with E-state index < -0.39 is 4.92 Å². The number of hydrogen-bond donors (Lipinski definition) is 1. The minimum absolute atomic E-state index is 0.0237. The number of aromatic nitrogens is 3. The van der Waals surface area contributed by atoms with Crippen molar-refractivity contribution in [2.75, 3.05) is 7.11 Å². The number of aromatic amines is 1. The fourth-order valence-electron chi connectivity index (χ4n) is 1.36. The number of nitrogens with one attached hydrogen (secondary N) is 1. The predicted molar refractivity (Wildman–Crippen MR) is 65.9 cm³/mol. The van der Waals surface area contributed by atoms with Crippen molar-refractivity contribution in [3.05, 3.63) is 39.2 Å². The SMILES string of the molecule is COc1nc(=S)nc(-c2cccc([N+](=O)[O-])c2)[nH]1. The molecule has 18 heavy (non-hydrogen) atoms. The zero-order valence-corrected chi connectivity index (χ0v) is 10.1. The first-order chi connectivity index (χ1) is 8.60. The third-order valence-corrected chi connectivity index (χ3v) is 2.34. The summed E-state index contributed by atoms with van der Waals surface area (Å²) in [6.07, 6.45) is 0. The van der Waals surface area contributed by atoms with E-state index in [2.05, 4.69) is 15.0 Å². The van der Waals surface area contributed by atoms with E-state index in [1.165, 1.54) is 19.2 Å². The van der Waals surface area contributed by atoms with Gasteiger partial charge in [0, 0.05) is 17.7 Å². The number of nitro groups is 1. The van der Waals surface area contributed by atoms with E-state index in [9.17, 15) is 10.1 Å². The summed E-state index contributed by atoms with van der Waals surface area (Å²) < 4.78 is 5.03. The summed E-state index contributed by atoms with van der Waals surface area (Å²) in [5.41, 5.74) is 0.514. The van der Waals surface area contributed by atoms with Crippen molar-refractivity contribution in [3.63, 3.8) is 0 Å². The fourth-order valence-corrected chi connectivity index (χ4v) is 1.54. The Bertz CT molecular complexity index is 656. The monoisotopic (exact) mass is 264 g/mol. The van der Waals surface area contributed by atoms with E-state index in [0.29, 0.717) is 11.4 Å². The minimum atomic E-state index is -0.476. The Labute approximate surface area is 107 Å². The molecule has 0 fully saturated rings. The van der Waals surface area contributed by atoms with Crippen LogP contribution in [0.5, 0.6) is 6.01 Å². The first-order valence-corrected chi connectivity index (χ1v) is 5.28. The number of ether oxygens (including phenoxy) is 1. The Morgan fingerprint density at radius 1 is 1.44 bits per heavy atom. The van der Waals surface area contributed by atoms with Gasteiger partial charge in [-0.05, 0) is 12.2 Å². The molecule has 92 valence electrons. The van der Waals surface area contributed by atoms with Gasteiger partial charge in [0.1, 0.15) is 5.82 Å². The summed E-state index contributed by atoms with van der Waals surface area (Å²) in [5.74, 6) is 0.371. The molecule has 0 aliphatic heterocycles. The molecule has 2 rings (SSSR count). The summed E-state index contributed by atoms with van der Waals surface area (Å²) in [7, 11) is 1.44. The van der Waals surface area contributed by atoms with Crippen molar-refractivity contribution in [3.8, 4) is 17.4 Å². The average molecular weight is 264 g/mol. The van der Waals surface area contributed by atoms with Crippen LogP contribution in [0.4, 0.5) is 5.69 Å². The lowest BCUT2D eigenvalue weighted by molar-refractivity contribution is -0.384. The van der Waals surface area contributed by atoms with Gasteiger partial charge in [0.15, 0.2) is 0 Å². The quantitative estimate of drug-likeness (QED) is 0.518. The molecule has 0 saturated heterocycles. The Morgan fingerprint density at radius 2 is 2.22 bits per heavy atom. The third-order valence-electron chi connectivity index (χ3n) is 2.15. The van der Waals surface area contributed by atoms with Crippen molar-refractivity contribution in [2.24, 2.45) is 0 Å². The molecule has 7 nitrogen and oxygen atoms in total. The topological polar surface area (TPSA) is 93.9 Å². The van der Waals surface area contributed by atoms with Crippen LogP contribution in [0.1, 0.15) is 0 Å². The van der Waals surface area contributed by atoms with Crippen LogP contribution in [0.2, 0.25) is 0 Å².